The van der Waals surface area contributed by atoms with Gasteiger partial charge >= 0.3 is 6.18 Å². The zero-order valence-corrected chi connectivity index (χ0v) is 20.0. The maximum atomic E-state index is 13.1. The van der Waals surface area contributed by atoms with Crippen molar-refractivity contribution in [1.29, 1.82) is 0 Å². The maximum absolute atomic E-state index is 13.1. The highest BCUT2D eigenvalue weighted by atomic mass is 19.4. The fourth-order valence-electron chi connectivity index (χ4n) is 5.90. The lowest BCUT2D eigenvalue weighted by Crippen LogP contribution is -2.37. The van der Waals surface area contributed by atoms with E-state index in [4.69, 9.17) is 14.5 Å². The molecule has 34 heavy (non-hydrogen) atoms. The van der Waals surface area contributed by atoms with Crippen LogP contribution >= 0.6 is 0 Å². The molecule has 0 radical (unpaired) electrons. The zero-order valence-electron chi connectivity index (χ0n) is 20.0. The minimum Gasteiger partial charge on any atom is -0.388 e. The first kappa shape index (κ1) is 23.7. The third kappa shape index (κ3) is 3.84. The topological polar surface area (TPSA) is 64.5 Å². The Bertz CT molecular complexity index is 1090. The first-order chi connectivity index (χ1) is 15.9. The molecule has 184 valence electrons. The highest BCUT2D eigenvalue weighted by molar-refractivity contribution is 5.54. The van der Waals surface area contributed by atoms with Crippen LogP contribution in [0.1, 0.15) is 104 Å². The van der Waals surface area contributed by atoms with E-state index in [9.17, 15) is 18.3 Å². The van der Waals surface area contributed by atoms with Crippen molar-refractivity contribution >= 4 is 0 Å². The lowest BCUT2D eigenvalue weighted by Gasteiger charge is -2.40. The third-order valence-electron chi connectivity index (χ3n) is 7.39. The summed E-state index contributed by atoms with van der Waals surface area (Å²) in [5, 5.41) is 11.3. The molecule has 1 aliphatic carbocycles. The molecule has 1 saturated heterocycles. The van der Waals surface area contributed by atoms with Crippen LogP contribution < -0.4 is 0 Å². The average Bonchev–Trinajstić information content (AvgIpc) is 3.06. The Kier molecular flexibility index (Phi) is 5.58. The Morgan fingerprint density at radius 2 is 1.82 bits per heavy atom. The van der Waals surface area contributed by atoms with Crippen LogP contribution in [0.4, 0.5) is 13.2 Å². The fraction of sp³-hybridized carbons (Fsp3) is 0.615. The second-order valence-corrected chi connectivity index (χ2v) is 10.9. The Balaban J connectivity index is 1.74. The van der Waals surface area contributed by atoms with Crippen molar-refractivity contribution in [3.8, 4) is 0 Å². The Hall–Kier alpha value is -2.03. The van der Waals surface area contributed by atoms with E-state index in [1.165, 1.54) is 12.3 Å². The molecular formula is C26H31F3N2O3. The number of rotatable bonds is 2. The molecule has 1 N–H and O–H groups in total. The highest BCUT2D eigenvalue weighted by Gasteiger charge is 2.52. The standard InChI is InChI=1S/C26H31F3N2O3/c1-14(2)22-20-21(19-16(31-22)11-24(3,4)12-17(19)32)25(7-9-33-10-8-25)34-23(20)15-5-6-18(30-13-15)26(27,28)29/h5-6,13-14,17,23,32H,7-12H2,1-4H3/t17-,23+/m0/s1. The van der Waals surface area contributed by atoms with Crippen molar-refractivity contribution in [1.82, 2.24) is 9.97 Å². The van der Waals surface area contributed by atoms with E-state index in [0.29, 0.717) is 38.0 Å². The molecule has 4 heterocycles. The number of alkyl halides is 3. The van der Waals surface area contributed by atoms with Gasteiger partial charge in [-0.1, -0.05) is 33.8 Å². The molecule has 2 aromatic heterocycles. The summed E-state index contributed by atoms with van der Waals surface area (Å²) in [6, 6.07) is 2.46. The monoisotopic (exact) mass is 476 g/mol. The number of ether oxygens (including phenoxy) is 2. The third-order valence-corrected chi connectivity index (χ3v) is 7.39. The van der Waals surface area contributed by atoms with Crippen molar-refractivity contribution in [2.75, 3.05) is 13.2 Å². The quantitative estimate of drug-likeness (QED) is 0.598. The molecule has 1 fully saturated rings. The molecule has 3 aliphatic rings. The van der Waals surface area contributed by atoms with Gasteiger partial charge in [-0.3, -0.25) is 9.97 Å². The SMILES string of the molecule is CC(C)c1nc2c(c3c1[C@@H](c1ccc(C(F)(F)F)nc1)OC31CCOCC1)[C@@H](O)CC(C)(C)C2. The summed E-state index contributed by atoms with van der Waals surface area (Å²) < 4.78 is 51.8. The molecule has 2 aromatic rings. The first-order valence-corrected chi connectivity index (χ1v) is 12.0. The van der Waals surface area contributed by atoms with E-state index < -0.39 is 29.7 Å². The minimum atomic E-state index is -4.50. The lowest BCUT2D eigenvalue weighted by molar-refractivity contribution is -0.141. The molecule has 1 spiro atoms. The van der Waals surface area contributed by atoms with Crippen LogP contribution in [-0.2, 0) is 27.7 Å². The predicted octanol–water partition coefficient (Wildman–Crippen LogP) is 5.75. The second-order valence-electron chi connectivity index (χ2n) is 10.9. The highest BCUT2D eigenvalue weighted by Crippen LogP contribution is 2.57. The minimum absolute atomic E-state index is 0.0738. The van der Waals surface area contributed by atoms with Gasteiger partial charge in [0.25, 0.3) is 0 Å². The van der Waals surface area contributed by atoms with Gasteiger partial charge < -0.3 is 14.6 Å². The fourth-order valence-corrected chi connectivity index (χ4v) is 5.90. The number of nitrogens with zero attached hydrogens (tertiary/aromatic N) is 2. The van der Waals surface area contributed by atoms with Crippen LogP contribution in [0.25, 0.3) is 0 Å². The van der Waals surface area contributed by atoms with Crippen LogP contribution in [0.5, 0.6) is 0 Å². The maximum Gasteiger partial charge on any atom is 0.433 e. The summed E-state index contributed by atoms with van der Waals surface area (Å²) in [5.41, 5.74) is 3.39. The molecule has 0 aromatic carbocycles. The van der Waals surface area contributed by atoms with Gasteiger partial charge in [-0.15, -0.1) is 0 Å². The van der Waals surface area contributed by atoms with E-state index in [1.807, 2.05) is 0 Å². The zero-order chi connectivity index (χ0) is 24.5. The van der Waals surface area contributed by atoms with Crippen LogP contribution in [-0.4, -0.2) is 28.3 Å². The summed E-state index contributed by atoms with van der Waals surface area (Å²) in [6.45, 7) is 9.45. The van der Waals surface area contributed by atoms with Crippen molar-refractivity contribution in [3.05, 3.63) is 57.7 Å². The van der Waals surface area contributed by atoms with E-state index in [1.54, 1.807) is 0 Å². The molecule has 0 amide bonds. The number of fused-ring (bicyclic) bond motifs is 4. The first-order valence-electron chi connectivity index (χ1n) is 12.0. The summed E-state index contributed by atoms with van der Waals surface area (Å²) in [4.78, 5) is 8.77. The molecule has 2 aliphatic heterocycles. The molecule has 5 rings (SSSR count). The molecular weight excluding hydrogens is 445 g/mol. The van der Waals surface area contributed by atoms with Gasteiger partial charge in [0.1, 0.15) is 11.8 Å². The van der Waals surface area contributed by atoms with Gasteiger partial charge in [-0.2, -0.15) is 13.2 Å². The number of pyridine rings is 2. The molecule has 0 bridgehead atoms. The average molecular weight is 477 g/mol. The molecule has 0 saturated carbocycles. The van der Waals surface area contributed by atoms with E-state index in [-0.39, 0.29) is 11.3 Å². The van der Waals surface area contributed by atoms with Crippen molar-refractivity contribution in [2.45, 2.75) is 83.3 Å². The molecule has 5 nitrogen and oxygen atoms in total. The Morgan fingerprint density at radius 1 is 1.12 bits per heavy atom. The van der Waals surface area contributed by atoms with Crippen LogP contribution in [0.2, 0.25) is 0 Å². The summed E-state index contributed by atoms with van der Waals surface area (Å²) in [5.74, 6) is 0.0738. The lowest BCUT2D eigenvalue weighted by atomic mass is 9.70. The van der Waals surface area contributed by atoms with Crippen LogP contribution in [0.3, 0.4) is 0 Å². The Morgan fingerprint density at radius 3 is 2.41 bits per heavy atom. The largest absolute Gasteiger partial charge is 0.433 e. The van der Waals surface area contributed by atoms with E-state index >= 15 is 0 Å². The van der Waals surface area contributed by atoms with E-state index in [0.717, 1.165) is 40.6 Å². The van der Waals surface area contributed by atoms with Crippen molar-refractivity contribution < 1.29 is 27.8 Å². The van der Waals surface area contributed by atoms with Gasteiger partial charge in [0.15, 0.2) is 0 Å². The molecule has 2 atom stereocenters. The number of aliphatic hydroxyl groups excluding tert-OH is 1. The van der Waals surface area contributed by atoms with Crippen molar-refractivity contribution in [2.24, 2.45) is 5.41 Å². The smallest absolute Gasteiger partial charge is 0.388 e. The summed E-state index contributed by atoms with van der Waals surface area (Å²) in [6.07, 6.45) is -1.90. The number of aliphatic hydroxyl groups is 1. The number of hydrogen-bond acceptors (Lipinski definition) is 5. The second kappa shape index (κ2) is 8.00. The number of halogens is 3. The van der Waals surface area contributed by atoms with Gasteiger partial charge in [-0.25, -0.2) is 0 Å². The number of aromatic nitrogens is 2. The summed E-state index contributed by atoms with van der Waals surface area (Å²) in [7, 11) is 0. The normalized spacial score (nSPS) is 25.4. The van der Waals surface area contributed by atoms with Gasteiger partial charge in [0.05, 0.1) is 11.7 Å². The Labute approximate surface area is 197 Å². The molecule has 8 heteroatoms. The van der Waals surface area contributed by atoms with Gasteiger partial charge in [0, 0.05) is 60.3 Å². The van der Waals surface area contributed by atoms with E-state index in [2.05, 4.69) is 32.7 Å². The predicted molar refractivity (Wildman–Crippen MR) is 119 cm³/mol. The molecule has 0 unspecified atom stereocenters. The van der Waals surface area contributed by atoms with Gasteiger partial charge in [-0.05, 0) is 35.8 Å². The van der Waals surface area contributed by atoms with Gasteiger partial charge in [0.2, 0.25) is 0 Å². The van der Waals surface area contributed by atoms with Crippen LogP contribution in [0, 0.1) is 5.41 Å². The van der Waals surface area contributed by atoms with Crippen LogP contribution in [0.15, 0.2) is 18.3 Å². The summed E-state index contributed by atoms with van der Waals surface area (Å²) >= 11 is 0. The number of hydrogen-bond donors (Lipinski definition) is 1. The van der Waals surface area contributed by atoms with Crippen molar-refractivity contribution in [3.63, 3.8) is 0 Å².